The van der Waals surface area contributed by atoms with Crippen LogP contribution in [-0.2, 0) is 13.7 Å². The minimum Gasteiger partial charge on any atom is -0.299 e. The van der Waals surface area contributed by atoms with Crippen LogP contribution in [-0.4, -0.2) is 11.5 Å². The van der Waals surface area contributed by atoms with Crippen LogP contribution in [0.15, 0.2) is 91.0 Å². The first kappa shape index (κ1) is 18.5. The van der Waals surface area contributed by atoms with Crippen molar-refractivity contribution in [3.05, 3.63) is 91.0 Å². The number of quaternary nitrogens is 1. The molecule has 0 amide bonds. The summed E-state index contributed by atoms with van der Waals surface area (Å²) in [5.41, 5.74) is 2.04. The minimum absolute atomic E-state index is 0.0617. The summed E-state index contributed by atoms with van der Waals surface area (Å²) in [7, 11) is -4.34. The first-order valence-electron chi connectivity index (χ1n) is 8.33. The fourth-order valence-electron chi connectivity index (χ4n) is 2.84. The molecule has 26 heavy (non-hydrogen) atoms. The molecule has 0 saturated carbocycles. The van der Waals surface area contributed by atoms with Gasteiger partial charge in [-0.15, -0.1) is 0 Å². The summed E-state index contributed by atoms with van der Waals surface area (Å²) in [6.07, 6.45) is 0. The lowest BCUT2D eigenvalue weighted by atomic mass is 10.2. The van der Waals surface area contributed by atoms with Gasteiger partial charge in [0.15, 0.2) is 17.1 Å². The van der Waals surface area contributed by atoms with Gasteiger partial charge in [0.25, 0.3) is 0 Å². The van der Waals surface area contributed by atoms with E-state index >= 15 is 0 Å². The Labute approximate surface area is 153 Å². The van der Waals surface area contributed by atoms with E-state index in [0.717, 1.165) is 0 Å². The molecule has 0 aliphatic heterocycles. The standard InChI is InChI=1S/C20H20NO4P/c1-2-24-26(22,23)25-21(18-12-6-3-7-13-18,19-14-8-4-9-15-19)20-16-10-5-11-17-20/h3-17H,2H2,1H3/p+1. The highest BCUT2D eigenvalue weighted by molar-refractivity contribution is 7.47. The number of para-hydroxylation sites is 3. The lowest BCUT2D eigenvalue weighted by molar-refractivity contribution is 0.0158. The van der Waals surface area contributed by atoms with Crippen molar-refractivity contribution >= 4 is 24.9 Å². The average Bonchev–Trinajstić information content (AvgIpc) is 2.68. The van der Waals surface area contributed by atoms with Gasteiger partial charge in [-0.05, 0) is 6.92 Å². The molecule has 5 nitrogen and oxygen atoms in total. The van der Waals surface area contributed by atoms with Crippen molar-refractivity contribution in [2.24, 2.45) is 0 Å². The quantitative estimate of drug-likeness (QED) is 0.328. The Bertz CT molecular complexity index is 775. The Morgan fingerprint density at radius 2 is 1.12 bits per heavy atom. The zero-order valence-corrected chi connectivity index (χ0v) is 15.3. The molecular weight excluding hydrogens is 349 g/mol. The van der Waals surface area contributed by atoms with E-state index in [1.165, 1.54) is 0 Å². The van der Waals surface area contributed by atoms with Gasteiger partial charge in [-0.1, -0.05) is 63.9 Å². The molecule has 3 aromatic rings. The predicted molar refractivity (Wildman–Crippen MR) is 103 cm³/mol. The van der Waals surface area contributed by atoms with Gasteiger partial charge in [0.05, 0.1) is 6.61 Å². The SMILES string of the molecule is CCOP(=O)(O)O[N+](c1ccccc1)(c1ccccc1)c1ccccc1. The Hall–Kier alpha value is -2.27. The first-order chi connectivity index (χ1) is 12.6. The molecule has 134 valence electrons. The summed E-state index contributed by atoms with van der Waals surface area (Å²) in [4.78, 5) is 10.3. The van der Waals surface area contributed by atoms with Crippen LogP contribution >= 0.6 is 7.82 Å². The third kappa shape index (κ3) is 3.78. The first-order valence-corrected chi connectivity index (χ1v) is 9.82. The van der Waals surface area contributed by atoms with Crippen molar-refractivity contribution in [2.45, 2.75) is 6.92 Å². The molecule has 6 heteroatoms. The van der Waals surface area contributed by atoms with Crippen LogP contribution in [0.2, 0.25) is 0 Å². The van der Waals surface area contributed by atoms with Crippen LogP contribution < -0.4 is 4.65 Å². The van der Waals surface area contributed by atoms with Crippen molar-refractivity contribution < 1.29 is 18.6 Å². The van der Waals surface area contributed by atoms with E-state index < -0.39 is 12.5 Å². The molecular formula is C20H21NO4P+. The Morgan fingerprint density at radius 3 is 1.42 bits per heavy atom. The van der Waals surface area contributed by atoms with E-state index in [4.69, 9.17) is 9.15 Å². The highest BCUT2D eigenvalue weighted by atomic mass is 31.2. The molecule has 3 rings (SSSR count). The van der Waals surface area contributed by atoms with Gasteiger partial charge in [0.1, 0.15) is 0 Å². The van der Waals surface area contributed by atoms with Gasteiger partial charge in [-0.3, -0.25) is 9.42 Å². The molecule has 0 fully saturated rings. The summed E-state index contributed by atoms with van der Waals surface area (Å²) in [6.45, 7) is 1.71. The molecule has 0 bridgehead atoms. The van der Waals surface area contributed by atoms with Crippen molar-refractivity contribution in [3.63, 3.8) is 0 Å². The average molecular weight is 370 g/mol. The van der Waals surface area contributed by atoms with Crippen LogP contribution in [0.3, 0.4) is 0 Å². The summed E-state index contributed by atoms with van der Waals surface area (Å²) in [5.74, 6) is 0. The van der Waals surface area contributed by atoms with Crippen molar-refractivity contribution in [1.82, 2.24) is 4.65 Å². The molecule has 0 heterocycles. The number of hydrogen-bond acceptors (Lipinski definition) is 3. The largest absolute Gasteiger partial charge is 0.519 e. The molecule has 0 aliphatic rings. The van der Waals surface area contributed by atoms with Gasteiger partial charge in [0.2, 0.25) is 0 Å². The number of rotatable bonds is 7. The van der Waals surface area contributed by atoms with Crippen molar-refractivity contribution in [2.75, 3.05) is 6.61 Å². The lowest BCUT2D eigenvalue weighted by Crippen LogP contribution is -2.38. The molecule has 0 aromatic heterocycles. The van der Waals surface area contributed by atoms with Gasteiger partial charge >= 0.3 is 7.82 Å². The van der Waals surface area contributed by atoms with Gasteiger partial charge < -0.3 is 0 Å². The normalized spacial score (nSPS) is 13.9. The number of phosphoric ester groups is 1. The zero-order chi connectivity index (χ0) is 18.5. The maximum absolute atomic E-state index is 12.6. The molecule has 1 atom stereocenters. The second-order valence-electron chi connectivity index (χ2n) is 5.58. The molecule has 0 radical (unpaired) electrons. The smallest absolute Gasteiger partial charge is 0.299 e. The highest BCUT2D eigenvalue weighted by Gasteiger charge is 2.46. The lowest BCUT2D eigenvalue weighted by Gasteiger charge is -2.34. The monoisotopic (exact) mass is 370 g/mol. The molecule has 3 aromatic carbocycles. The Kier molecular flexibility index (Phi) is 5.67. The van der Waals surface area contributed by atoms with E-state index in [1.54, 1.807) is 6.92 Å². The second-order valence-corrected chi connectivity index (χ2v) is 6.94. The Morgan fingerprint density at radius 1 is 0.769 bits per heavy atom. The minimum atomic E-state index is -4.34. The third-order valence-electron chi connectivity index (χ3n) is 3.88. The van der Waals surface area contributed by atoms with Crippen LogP contribution in [0, 0.1) is 0 Å². The number of hydrogen-bond donors (Lipinski definition) is 1. The highest BCUT2D eigenvalue weighted by Crippen LogP contribution is 2.55. The molecule has 0 saturated heterocycles. The fourth-order valence-corrected chi connectivity index (χ4v) is 3.81. The molecule has 1 N–H and O–H groups in total. The number of benzene rings is 3. The second kappa shape index (κ2) is 7.96. The number of nitrogens with zero attached hydrogens (tertiary/aromatic N) is 1. The van der Waals surface area contributed by atoms with E-state index in [0.29, 0.717) is 17.1 Å². The molecule has 0 aliphatic carbocycles. The maximum Gasteiger partial charge on any atom is 0.519 e. The molecule has 1 unspecified atom stereocenters. The summed E-state index contributed by atoms with van der Waals surface area (Å²) >= 11 is 0. The van der Waals surface area contributed by atoms with Crippen molar-refractivity contribution in [3.8, 4) is 0 Å². The van der Waals surface area contributed by atoms with Crippen LogP contribution in [0.4, 0.5) is 17.1 Å². The third-order valence-corrected chi connectivity index (χ3v) is 4.91. The van der Waals surface area contributed by atoms with Gasteiger partial charge in [-0.25, -0.2) is 4.57 Å². The van der Waals surface area contributed by atoms with E-state index in [2.05, 4.69) is 0 Å². The molecule has 0 spiro atoms. The van der Waals surface area contributed by atoms with Gasteiger partial charge in [0, 0.05) is 36.4 Å². The summed E-state index contributed by atoms with van der Waals surface area (Å²) < 4.78 is 23.1. The van der Waals surface area contributed by atoms with Crippen LogP contribution in [0.5, 0.6) is 0 Å². The van der Waals surface area contributed by atoms with E-state index in [9.17, 15) is 9.46 Å². The van der Waals surface area contributed by atoms with Gasteiger partial charge in [-0.2, -0.15) is 0 Å². The van der Waals surface area contributed by atoms with Crippen LogP contribution in [0.1, 0.15) is 6.92 Å². The fraction of sp³-hybridized carbons (Fsp3) is 0.100. The van der Waals surface area contributed by atoms with Crippen molar-refractivity contribution in [1.29, 1.82) is 0 Å². The summed E-state index contributed by atoms with van der Waals surface area (Å²) in [5, 5.41) is 0. The summed E-state index contributed by atoms with van der Waals surface area (Å²) in [6, 6.07) is 27.9. The Balaban J connectivity index is 2.30. The van der Waals surface area contributed by atoms with Crippen LogP contribution in [0.25, 0.3) is 0 Å². The zero-order valence-electron chi connectivity index (χ0n) is 14.4. The predicted octanol–water partition coefficient (Wildman–Crippen LogP) is 5.73. The maximum atomic E-state index is 12.6. The van der Waals surface area contributed by atoms with E-state index in [1.807, 2.05) is 91.0 Å². The van der Waals surface area contributed by atoms with E-state index in [-0.39, 0.29) is 6.61 Å². The topological polar surface area (TPSA) is 55.8 Å². The number of phosphoric acid groups is 1.